The monoisotopic (exact) mass is 399 g/mol. The third-order valence-corrected chi connectivity index (χ3v) is 4.21. The molecule has 0 unspecified atom stereocenters. The predicted molar refractivity (Wildman–Crippen MR) is 117 cm³/mol. The lowest BCUT2D eigenvalue weighted by molar-refractivity contribution is 0.250. The van der Waals surface area contributed by atoms with E-state index in [0.29, 0.717) is 16.9 Å². The quantitative estimate of drug-likeness (QED) is 0.572. The van der Waals surface area contributed by atoms with Gasteiger partial charge >= 0.3 is 12.1 Å². The largest absolute Gasteiger partial charge is 0.336 e. The van der Waals surface area contributed by atoms with E-state index in [1.54, 1.807) is 29.2 Å². The summed E-state index contributed by atoms with van der Waals surface area (Å²) in [7, 11) is 0. The zero-order chi connectivity index (χ0) is 21.2. The van der Waals surface area contributed by atoms with Crippen molar-refractivity contribution in [2.45, 2.75) is 0 Å². The molecule has 0 radical (unpaired) electrons. The Bertz CT molecular complexity index is 1030. The lowest BCUT2D eigenvalue weighted by atomic mass is 10.2. The second-order valence-electron chi connectivity index (χ2n) is 6.36. The number of urea groups is 2. The molecule has 3 rings (SSSR count). The van der Waals surface area contributed by atoms with E-state index in [1.165, 1.54) is 0 Å². The smallest absolute Gasteiger partial charge is 0.326 e. The minimum absolute atomic E-state index is 0.237. The summed E-state index contributed by atoms with van der Waals surface area (Å²) >= 11 is 0. The fourth-order valence-corrected chi connectivity index (χ4v) is 2.79. The molecule has 150 valence electrons. The van der Waals surface area contributed by atoms with Crippen LogP contribution in [0.1, 0.15) is 5.56 Å². The molecule has 7 nitrogen and oxygen atoms in total. The maximum absolute atomic E-state index is 12.8. The lowest BCUT2D eigenvalue weighted by Crippen LogP contribution is -2.42. The summed E-state index contributed by atoms with van der Waals surface area (Å²) in [4.78, 5) is 26.5. The highest BCUT2D eigenvalue weighted by atomic mass is 16.2. The topological polar surface area (TPSA) is 97.3 Å². The molecular weight excluding hydrogens is 378 g/mol. The van der Waals surface area contributed by atoms with Gasteiger partial charge in [-0.15, -0.1) is 0 Å². The number of nitriles is 1. The minimum atomic E-state index is -0.415. The van der Waals surface area contributed by atoms with Gasteiger partial charge in [-0.3, -0.25) is 4.90 Å². The Morgan fingerprint density at radius 3 is 2.20 bits per heavy atom. The third kappa shape index (κ3) is 5.84. The summed E-state index contributed by atoms with van der Waals surface area (Å²) in [5.41, 5.74) is 2.38. The zero-order valence-electron chi connectivity index (χ0n) is 16.2. The maximum Gasteiger partial charge on any atom is 0.326 e. The summed E-state index contributed by atoms with van der Waals surface area (Å²) in [5, 5.41) is 17.2. The summed E-state index contributed by atoms with van der Waals surface area (Å²) in [6.07, 6.45) is 0. The maximum atomic E-state index is 12.8. The molecule has 3 N–H and O–H groups in total. The Morgan fingerprint density at radius 1 is 0.833 bits per heavy atom. The van der Waals surface area contributed by atoms with E-state index in [9.17, 15) is 9.59 Å². The number of carbonyl (C=O) groups excluding carboxylic acids is 2. The molecular formula is C23H21N5O2. The number of amides is 4. The summed E-state index contributed by atoms with van der Waals surface area (Å²) in [6.45, 7) is 0.509. The number of para-hydroxylation sites is 2. The van der Waals surface area contributed by atoms with Crippen LogP contribution >= 0.6 is 0 Å². The van der Waals surface area contributed by atoms with Gasteiger partial charge in [-0.05, 0) is 42.5 Å². The molecule has 0 bridgehead atoms. The Labute approximate surface area is 174 Å². The SMILES string of the molecule is N#Cc1cccc(NC(=O)NCCN(C(=O)Nc2ccccc2)c2ccccc2)c1. The standard InChI is InChI=1S/C23H21N5O2/c24-17-18-8-7-11-20(16-18)26-22(29)25-14-15-28(21-12-5-2-6-13-21)23(30)27-19-9-3-1-4-10-19/h1-13,16H,14-15H2,(H,27,30)(H2,25,26,29). The molecule has 0 aliphatic rings. The first-order valence-electron chi connectivity index (χ1n) is 9.39. The molecule has 0 aliphatic carbocycles. The molecule has 0 heterocycles. The van der Waals surface area contributed by atoms with Gasteiger partial charge in [0.05, 0.1) is 11.6 Å². The van der Waals surface area contributed by atoms with Crippen LogP contribution in [0.4, 0.5) is 26.7 Å². The fraction of sp³-hybridized carbons (Fsp3) is 0.0870. The molecule has 7 heteroatoms. The number of hydrogen-bond donors (Lipinski definition) is 3. The molecule has 4 amide bonds. The first-order valence-corrected chi connectivity index (χ1v) is 9.39. The van der Waals surface area contributed by atoms with Gasteiger partial charge in [-0.25, -0.2) is 9.59 Å². The van der Waals surface area contributed by atoms with Crippen molar-refractivity contribution >= 4 is 29.1 Å². The number of nitrogens with one attached hydrogen (secondary N) is 3. The van der Waals surface area contributed by atoms with Gasteiger partial charge in [0.1, 0.15) is 0 Å². The highest BCUT2D eigenvalue weighted by Crippen LogP contribution is 2.15. The lowest BCUT2D eigenvalue weighted by Gasteiger charge is -2.23. The predicted octanol–water partition coefficient (Wildman–Crippen LogP) is 4.42. The van der Waals surface area contributed by atoms with Crippen molar-refractivity contribution in [2.24, 2.45) is 0 Å². The number of anilines is 3. The van der Waals surface area contributed by atoms with Crippen molar-refractivity contribution < 1.29 is 9.59 Å². The van der Waals surface area contributed by atoms with Crippen LogP contribution in [-0.2, 0) is 0 Å². The van der Waals surface area contributed by atoms with E-state index < -0.39 is 6.03 Å². The van der Waals surface area contributed by atoms with Crippen LogP contribution in [0.25, 0.3) is 0 Å². The van der Waals surface area contributed by atoms with E-state index >= 15 is 0 Å². The normalized spacial score (nSPS) is 9.83. The Hall–Kier alpha value is -4.31. The molecule has 0 spiro atoms. The van der Waals surface area contributed by atoms with Crippen molar-refractivity contribution in [1.29, 1.82) is 5.26 Å². The van der Waals surface area contributed by atoms with Crippen molar-refractivity contribution in [2.75, 3.05) is 28.6 Å². The van der Waals surface area contributed by atoms with Crippen LogP contribution in [0.3, 0.4) is 0 Å². The molecule has 0 aromatic heterocycles. The van der Waals surface area contributed by atoms with Gasteiger partial charge < -0.3 is 16.0 Å². The molecule has 3 aromatic rings. The fourth-order valence-electron chi connectivity index (χ4n) is 2.79. The molecule has 0 aliphatic heterocycles. The molecule has 3 aromatic carbocycles. The first-order chi connectivity index (χ1) is 14.7. The van der Waals surface area contributed by atoms with Crippen LogP contribution in [0.2, 0.25) is 0 Å². The van der Waals surface area contributed by atoms with Gasteiger partial charge in [0.2, 0.25) is 0 Å². The van der Waals surface area contributed by atoms with Crippen molar-refractivity contribution in [1.82, 2.24) is 5.32 Å². The molecule has 0 fully saturated rings. The average Bonchev–Trinajstić information content (AvgIpc) is 2.78. The number of benzene rings is 3. The second kappa shape index (κ2) is 10.3. The highest BCUT2D eigenvalue weighted by molar-refractivity contribution is 6.01. The van der Waals surface area contributed by atoms with Gasteiger partial charge in [0.25, 0.3) is 0 Å². The van der Waals surface area contributed by atoms with Gasteiger partial charge in [-0.1, -0.05) is 42.5 Å². The van der Waals surface area contributed by atoms with E-state index in [4.69, 9.17) is 5.26 Å². The molecule has 0 saturated carbocycles. The van der Waals surface area contributed by atoms with E-state index in [1.807, 2.05) is 66.7 Å². The van der Waals surface area contributed by atoms with E-state index in [-0.39, 0.29) is 19.1 Å². The van der Waals surface area contributed by atoms with Crippen LogP contribution in [-0.4, -0.2) is 25.2 Å². The van der Waals surface area contributed by atoms with Gasteiger partial charge in [0.15, 0.2) is 0 Å². The summed E-state index contributed by atoms with van der Waals surface area (Å²) in [5.74, 6) is 0. The van der Waals surface area contributed by atoms with Gasteiger partial charge in [-0.2, -0.15) is 5.26 Å². The van der Waals surface area contributed by atoms with Crippen LogP contribution in [0.5, 0.6) is 0 Å². The van der Waals surface area contributed by atoms with Gasteiger partial charge in [0, 0.05) is 30.2 Å². The van der Waals surface area contributed by atoms with Crippen molar-refractivity contribution in [3.05, 3.63) is 90.5 Å². The Balaban J connectivity index is 1.60. The third-order valence-electron chi connectivity index (χ3n) is 4.21. The Kier molecular flexibility index (Phi) is 7.01. The summed E-state index contributed by atoms with van der Waals surface area (Å²) < 4.78 is 0. The van der Waals surface area contributed by atoms with Crippen LogP contribution in [0, 0.1) is 11.3 Å². The van der Waals surface area contributed by atoms with E-state index in [0.717, 1.165) is 5.69 Å². The summed E-state index contributed by atoms with van der Waals surface area (Å²) in [6, 6.07) is 26.4. The average molecular weight is 399 g/mol. The first kappa shape index (κ1) is 20.4. The van der Waals surface area contributed by atoms with Crippen LogP contribution in [0.15, 0.2) is 84.9 Å². The zero-order valence-corrected chi connectivity index (χ0v) is 16.2. The number of carbonyl (C=O) groups is 2. The molecule has 30 heavy (non-hydrogen) atoms. The van der Waals surface area contributed by atoms with Crippen LogP contribution < -0.4 is 20.9 Å². The van der Waals surface area contributed by atoms with Crippen molar-refractivity contribution in [3.8, 4) is 6.07 Å². The number of nitrogens with zero attached hydrogens (tertiary/aromatic N) is 2. The second-order valence-corrected chi connectivity index (χ2v) is 6.36. The number of hydrogen-bond acceptors (Lipinski definition) is 3. The number of rotatable bonds is 6. The minimum Gasteiger partial charge on any atom is -0.336 e. The molecule has 0 saturated heterocycles. The van der Waals surface area contributed by atoms with Crippen molar-refractivity contribution in [3.63, 3.8) is 0 Å². The molecule has 0 atom stereocenters. The Morgan fingerprint density at radius 2 is 1.50 bits per heavy atom. The highest BCUT2D eigenvalue weighted by Gasteiger charge is 2.16. The van der Waals surface area contributed by atoms with E-state index in [2.05, 4.69) is 16.0 Å².